The summed E-state index contributed by atoms with van der Waals surface area (Å²) < 4.78 is 27.2. The number of oxime groups is 1. The summed E-state index contributed by atoms with van der Waals surface area (Å²) in [6.07, 6.45) is 0. The molecule has 0 fully saturated rings. The maximum absolute atomic E-state index is 12.6. The second-order valence-electron chi connectivity index (χ2n) is 4.46. The van der Waals surface area contributed by atoms with Gasteiger partial charge in [-0.05, 0) is 18.2 Å². The van der Waals surface area contributed by atoms with E-state index >= 15 is 0 Å². The summed E-state index contributed by atoms with van der Waals surface area (Å²) in [7, 11) is -3.75. The van der Waals surface area contributed by atoms with Crippen LogP contribution in [0.25, 0.3) is 0 Å². The number of benzene rings is 1. The highest BCUT2D eigenvalue weighted by molar-refractivity contribution is 9.10. The predicted octanol–water partition coefficient (Wildman–Crippen LogP) is 2.50. The standard InChI is InChI=1S/C12H17BrClN3O3S/c1-3-17(7-8(2)12(15)16-18)21(19,20)11-5-4-9(13)6-10(11)14/h4-6,8,18H,3,7H2,1-2H3,(H2,15,16). The zero-order valence-electron chi connectivity index (χ0n) is 11.6. The molecule has 0 aliphatic carbocycles. The number of hydrogen-bond acceptors (Lipinski definition) is 4. The molecule has 1 atom stereocenters. The highest BCUT2D eigenvalue weighted by atomic mass is 79.9. The van der Waals surface area contributed by atoms with Crippen LogP contribution in [0.15, 0.2) is 32.7 Å². The van der Waals surface area contributed by atoms with Crippen molar-refractivity contribution in [2.24, 2.45) is 16.8 Å². The van der Waals surface area contributed by atoms with Crippen molar-refractivity contribution in [2.75, 3.05) is 13.1 Å². The number of sulfonamides is 1. The molecule has 0 aromatic heterocycles. The molecule has 6 nitrogen and oxygen atoms in total. The summed E-state index contributed by atoms with van der Waals surface area (Å²) >= 11 is 9.25. The van der Waals surface area contributed by atoms with Gasteiger partial charge in [-0.1, -0.05) is 46.5 Å². The third kappa shape index (κ3) is 4.32. The largest absolute Gasteiger partial charge is 0.409 e. The van der Waals surface area contributed by atoms with E-state index in [0.717, 1.165) is 0 Å². The fraction of sp³-hybridized carbons (Fsp3) is 0.417. The van der Waals surface area contributed by atoms with E-state index in [1.165, 1.54) is 16.4 Å². The maximum Gasteiger partial charge on any atom is 0.244 e. The van der Waals surface area contributed by atoms with Gasteiger partial charge >= 0.3 is 0 Å². The van der Waals surface area contributed by atoms with Gasteiger partial charge in [0.15, 0.2) is 0 Å². The number of rotatable bonds is 6. The summed E-state index contributed by atoms with van der Waals surface area (Å²) in [6, 6.07) is 4.58. The molecule has 21 heavy (non-hydrogen) atoms. The summed E-state index contributed by atoms with van der Waals surface area (Å²) in [6.45, 7) is 3.73. The molecule has 3 N–H and O–H groups in total. The van der Waals surface area contributed by atoms with E-state index in [2.05, 4.69) is 21.1 Å². The fourth-order valence-electron chi connectivity index (χ4n) is 1.72. The first kappa shape index (κ1) is 18.2. The van der Waals surface area contributed by atoms with Crippen LogP contribution >= 0.6 is 27.5 Å². The van der Waals surface area contributed by atoms with E-state index < -0.39 is 15.9 Å². The van der Waals surface area contributed by atoms with Crippen LogP contribution in [0.3, 0.4) is 0 Å². The van der Waals surface area contributed by atoms with Crippen LogP contribution in [0, 0.1) is 5.92 Å². The van der Waals surface area contributed by atoms with Crippen LogP contribution in [0.1, 0.15) is 13.8 Å². The first-order chi connectivity index (χ1) is 9.73. The molecule has 0 spiro atoms. The van der Waals surface area contributed by atoms with Gasteiger partial charge in [-0.25, -0.2) is 8.42 Å². The molecule has 0 saturated heterocycles. The van der Waals surface area contributed by atoms with Gasteiger partial charge < -0.3 is 10.9 Å². The molecule has 0 saturated carbocycles. The molecule has 0 aliphatic rings. The monoisotopic (exact) mass is 397 g/mol. The number of hydrogen-bond donors (Lipinski definition) is 2. The summed E-state index contributed by atoms with van der Waals surface area (Å²) in [4.78, 5) is 0.0286. The number of amidine groups is 1. The maximum atomic E-state index is 12.6. The molecule has 1 aromatic carbocycles. The third-order valence-electron chi connectivity index (χ3n) is 2.96. The van der Waals surface area contributed by atoms with Gasteiger partial charge in [0, 0.05) is 23.5 Å². The summed E-state index contributed by atoms with van der Waals surface area (Å²) in [5.74, 6) is -0.440. The predicted molar refractivity (Wildman–Crippen MR) is 86.2 cm³/mol. The van der Waals surface area contributed by atoms with Gasteiger partial charge in [-0.15, -0.1) is 0 Å². The Labute approximate surface area is 137 Å². The first-order valence-electron chi connectivity index (χ1n) is 6.16. The summed E-state index contributed by atoms with van der Waals surface area (Å²) in [5, 5.41) is 11.7. The van der Waals surface area contributed by atoms with Crippen LogP contribution in [0.5, 0.6) is 0 Å². The lowest BCUT2D eigenvalue weighted by atomic mass is 10.1. The van der Waals surface area contributed by atoms with Crippen molar-refractivity contribution < 1.29 is 13.6 Å². The zero-order chi connectivity index (χ0) is 16.2. The van der Waals surface area contributed by atoms with Crippen molar-refractivity contribution >= 4 is 43.4 Å². The molecule has 0 aliphatic heterocycles. The van der Waals surface area contributed by atoms with E-state index in [1.54, 1.807) is 19.9 Å². The quantitative estimate of drug-likeness (QED) is 0.333. The minimum absolute atomic E-state index is 0.0226. The lowest BCUT2D eigenvalue weighted by Gasteiger charge is -2.24. The Morgan fingerprint density at radius 1 is 1.57 bits per heavy atom. The topological polar surface area (TPSA) is 96.0 Å². The minimum atomic E-state index is -3.75. The van der Waals surface area contributed by atoms with Crippen LogP contribution < -0.4 is 5.73 Å². The highest BCUT2D eigenvalue weighted by Gasteiger charge is 2.27. The molecule has 0 bridgehead atoms. The first-order valence-corrected chi connectivity index (χ1v) is 8.77. The molecule has 118 valence electrons. The number of halogens is 2. The van der Waals surface area contributed by atoms with Crippen molar-refractivity contribution in [3.63, 3.8) is 0 Å². The van der Waals surface area contributed by atoms with Gasteiger partial charge in [-0.3, -0.25) is 0 Å². The van der Waals surface area contributed by atoms with E-state index in [4.69, 9.17) is 22.5 Å². The highest BCUT2D eigenvalue weighted by Crippen LogP contribution is 2.28. The lowest BCUT2D eigenvalue weighted by molar-refractivity contribution is 0.311. The molecular formula is C12H17BrClN3O3S. The second-order valence-corrected chi connectivity index (χ2v) is 7.69. The van der Waals surface area contributed by atoms with Crippen molar-refractivity contribution in [1.82, 2.24) is 4.31 Å². The van der Waals surface area contributed by atoms with Crippen molar-refractivity contribution in [3.8, 4) is 0 Å². The van der Waals surface area contributed by atoms with Crippen LogP contribution in [0.2, 0.25) is 5.02 Å². The van der Waals surface area contributed by atoms with Crippen LogP contribution in [-0.4, -0.2) is 36.9 Å². The lowest BCUT2D eigenvalue weighted by Crippen LogP contribution is -2.38. The molecule has 0 radical (unpaired) electrons. The molecule has 0 heterocycles. The Morgan fingerprint density at radius 2 is 2.19 bits per heavy atom. The van der Waals surface area contributed by atoms with E-state index in [-0.39, 0.29) is 28.8 Å². The molecular weight excluding hydrogens is 382 g/mol. The Hall–Kier alpha value is -0.830. The summed E-state index contributed by atoms with van der Waals surface area (Å²) in [5.41, 5.74) is 5.50. The average Bonchev–Trinajstić information content (AvgIpc) is 2.42. The van der Waals surface area contributed by atoms with E-state index in [0.29, 0.717) is 4.47 Å². The van der Waals surface area contributed by atoms with Gasteiger partial charge in [0.25, 0.3) is 0 Å². The Morgan fingerprint density at radius 3 is 2.67 bits per heavy atom. The Balaban J connectivity index is 3.14. The molecule has 0 amide bonds. The van der Waals surface area contributed by atoms with Crippen molar-refractivity contribution in [3.05, 3.63) is 27.7 Å². The van der Waals surface area contributed by atoms with Gasteiger partial charge in [0.05, 0.1) is 5.02 Å². The number of nitrogens with zero attached hydrogens (tertiary/aromatic N) is 2. The molecule has 1 aromatic rings. The van der Waals surface area contributed by atoms with Crippen LogP contribution in [0.4, 0.5) is 0 Å². The third-order valence-corrected chi connectivity index (χ3v) is 5.88. The van der Waals surface area contributed by atoms with Gasteiger partial charge in [-0.2, -0.15) is 4.31 Å². The van der Waals surface area contributed by atoms with Gasteiger partial charge in [0.1, 0.15) is 10.7 Å². The fourth-order valence-corrected chi connectivity index (χ4v) is 4.27. The van der Waals surface area contributed by atoms with Crippen molar-refractivity contribution in [2.45, 2.75) is 18.7 Å². The van der Waals surface area contributed by atoms with E-state index in [9.17, 15) is 8.42 Å². The molecule has 1 rings (SSSR count). The van der Waals surface area contributed by atoms with Crippen LogP contribution in [-0.2, 0) is 10.0 Å². The smallest absolute Gasteiger partial charge is 0.244 e. The minimum Gasteiger partial charge on any atom is -0.409 e. The Bertz CT molecular complexity index is 637. The number of nitrogens with two attached hydrogens (primary N) is 1. The zero-order valence-corrected chi connectivity index (χ0v) is 14.8. The van der Waals surface area contributed by atoms with Gasteiger partial charge in [0.2, 0.25) is 10.0 Å². The second kappa shape index (κ2) is 7.44. The Kier molecular flexibility index (Phi) is 6.45. The van der Waals surface area contributed by atoms with Crippen molar-refractivity contribution in [1.29, 1.82) is 0 Å². The van der Waals surface area contributed by atoms with E-state index in [1.807, 2.05) is 0 Å². The normalized spacial score (nSPS) is 14.4. The molecule has 1 unspecified atom stereocenters. The molecule has 9 heteroatoms. The SMILES string of the molecule is CCN(CC(C)C(N)=NO)S(=O)(=O)c1ccc(Br)cc1Cl. The average molecular weight is 399 g/mol.